The Morgan fingerprint density at radius 3 is 2.05 bits per heavy atom. The maximum Gasteiger partial charge on any atom is 0.0930 e. The van der Waals surface area contributed by atoms with Crippen LogP contribution in [0.15, 0.2) is 60.8 Å². The number of benzene rings is 2. The third-order valence-electron chi connectivity index (χ3n) is 3.73. The molecule has 1 heterocycles. The first-order valence-electron chi connectivity index (χ1n) is 7.54. The van der Waals surface area contributed by atoms with E-state index in [1.54, 1.807) is 0 Å². The zero-order chi connectivity index (χ0) is 15.5. The van der Waals surface area contributed by atoms with Gasteiger partial charge in [-0.2, -0.15) is 5.10 Å². The summed E-state index contributed by atoms with van der Waals surface area (Å²) in [5.74, 6) is 0. The molecule has 2 heteroatoms. The van der Waals surface area contributed by atoms with Gasteiger partial charge in [-0.25, -0.2) is 4.68 Å². The SMILES string of the molecule is CC=Cc1nn(-c2ccc(C)cc2)cc1-c1ccc(C)cc1. The van der Waals surface area contributed by atoms with Gasteiger partial charge in [-0.3, -0.25) is 0 Å². The normalized spacial score (nSPS) is 11.2. The molecule has 0 saturated carbocycles. The second kappa shape index (κ2) is 6.02. The summed E-state index contributed by atoms with van der Waals surface area (Å²) in [5.41, 5.74) is 6.93. The minimum atomic E-state index is 0.993. The third kappa shape index (κ3) is 2.86. The van der Waals surface area contributed by atoms with Crippen LogP contribution in [-0.2, 0) is 0 Å². The molecule has 0 aliphatic rings. The highest BCUT2D eigenvalue weighted by Crippen LogP contribution is 2.26. The van der Waals surface area contributed by atoms with E-state index in [4.69, 9.17) is 5.10 Å². The van der Waals surface area contributed by atoms with Gasteiger partial charge in [-0.15, -0.1) is 0 Å². The average Bonchev–Trinajstić information content (AvgIpc) is 2.93. The Labute approximate surface area is 131 Å². The van der Waals surface area contributed by atoms with E-state index in [9.17, 15) is 0 Å². The highest BCUT2D eigenvalue weighted by molar-refractivity contribution is 5.73. The molecule has 0 aliphatic carbocycles. The number of aromatic nitrogens is 2. The van der Waals surface area contributed by atoms with E-state index < -0.39 is 0 Å². The van der Waals surface area contributed by atoms with Crippen LogP contribution in [-0.4, -0.2) is 9.78 Å². The maximum absolute atomic E-state index is 4.73. The van der Waals surface area contributed by atoms with Crippen LogP contribution in [0.2, 0.25) is 0 Å². The molecule has 1 aromatic heterocycles. The number of aryl methyl sites for hydroxylation is 2. The van der Waals surface area contributed by atoms with Gasteiger partial charge in [0.15, 0.2) is 0 Å². The van der Waals surface area contributed by atoms with E-state index in [-0.39, 0.29) is 0 Å². The number of hydrogen-bond donors (Lipinski definition) is 0. The molecule has 0 bridgehead atoms. The van der Waals surface area contributed by atoms with Gasteiger partial charge in [0.1, 0.15) is 0 Å². The standard InChI is InChI=1S/C20H20N2/c1-4-5-20-19(17-10-6-15(2)7-11-17)14-22(21-20)18-12-8-16(3)9-13-18/h4-14H,1-3H3. The van der Waals surface area contributed by atoms with Gasteiger partial charge in [0.2, 0.25) is 0 Å². The minimum Gasteiger partial charge on any atom is -0.240 e. The largest absolute Gasteiger partial charge is 0.240 e. The summed E-state index contributed by atoms with van der Waals surface area (Å²) in [7, 11) is 0. The smallest absolute Gasteiger partial charge is 0.0930 e. The number of nitrogens with zero attached hydrogens (tertiary/aromatic N) is 2. The van der Waals surface area contributed by atoms with Crippen molar-refractivity contribution in [3.05, 3.63) is 77.6 Å². The molecule has 110 valence electrons. The summed E-state index contributed by atoms with van der Waals surface area (Å²) < 4.78 is 1.95. The summed E-state index contributed by atoms with van der Waals surface area (Å²) in [6.07, 6.45) is 6.18. The lowest BCUT2D eigenvalue weighted by Crippen LogP contribution is -1.94. The zero-order valence-electron chi connectivity index (χ0n) is 13.2. The van der Waals surface area contributed by atoms with Crippen molar-refractivity contribution in [2.45, 2.75) is 20.8 Å². The van der Waals surface area contributed by atoms with Crippen molar-refractivity contribution in [2.24, 2.45) is 0 Å². The molecule has 0 fully saturated rings. The van der Waals surface area contributed by atoms with Crippen LogP contribution in [0.1, 0.15) is 23.7 Å². The van der Waals surface area contributed by atoms with Crippen molar-refractivity contribution >= 4 is 6.08 Å². The van der Waals surface area contributed by atoms with E-state index in [2.05, 4.69) is 74.7 Å². The van der Waals surface area contributed by atoms with Crippen molar-refractivity contribution in [3.8, 4) is 16.8 Å². The Morgan fingerprint density at radius 1 is 0.864 bits per heavy atom. The second-order valence-corrected chi connectivity index (χ2v) is 5.57. The van der Waals surface area contributed by atoms with Crippen molar-refractivity contribution in [2.75, 3.05) is 0 Å². The fourth-order valence-corrected chi connectivity index (χ4v) is 2.45. The van der Waals surface area contributed by atoms with Crippen LogP contribution >= 0.6 is 0 Å². The Morgan fingerprint density at radius 2 is 1.45 bits per heavy atom. The first-order valence-corrected chi connectivity index (χ1v) is 7.54. The van der Waals surface area contributed by atoms with Crippen molar-refractivity contribution in [1.29, 1.82) is 0 Å². The summed E-state index contributed by atoms with van der Waals surface area (Å²) in [4.78, 5) is 0. The van der Waals surface area contributed by atoms with Crippen LogP contribution in [0.5, 0.6) is 0 Å². The van der Waals surface area contributed by atoms with Gasteiger partial charge in [-0.1, -0.05) is 53.6 Å². The minimum absolute atomic E-state index is 0.993. The molecule has 2 aromatic carbocycles. The highest BCUT2D eigenvalue weighted by Gasteiger charge is 2.09. The molecule has 3 aromatic rings. The molecule has 0 spiro atoms. The molecule has 22 heavy (non-hydrogen) atoms. The van der Waals surface area contributed by atoms with Crippen LogP contribution in [0.25, 0.3) is 22.9 Å². The number of allylic oxidation sites excluding steroid dienone is 1. The van der Waals surface area contributed by atoms with Gasteiger partial charge in [-0.05, 0) is 44.5 Å². The van der Waals surface area contributed by atoms with Crippen molar-refractivity contribution < 1.29 is 0 Å². The lowest BCUT2D eigenvalue weighted by molar-refractivity contribution is 0.875. The van der Waals surface area contributed by atoms with Crippen LogP contribution in [0, 0.1) is 13.8 Å². The zero-order valence-corrected chi connectivity index (χ0v) is 13.2. The maximum atomic E-state index is 4.73. The molecule has 0 aliphatic heterocycles. The lowest BCUT2D eigenvalue weighted by Gasteiger charge is -2.01. The Kier molecular flexibility index (Phi) is 3.92. The molecular formula is C20H20N2. The first kappa shape index (κ1) is 14.3. The predicted octanol–water partition coefficient (Wildman–Crippen LogP) is 5.19. The fourth-order valence-electron chi connectivity index (χ4n) is 2.45. The molecule has 3 rings (SSSR count). The van der Waals surface area contributed by atoms with Crippen molar-refractivity contribution in [3.63, 3.8) is 0 Å². The summed E-state index contributed by atoms with van der Waals surface area (Å²) >= 11 is 0. The second-order valence-electron chi connectivity index (χ2n) is 5.57. The van der Waals surface area contributed by atoms with Crippen LogP contribution < -0.4 is 0 Å². The van der Waals surface area contributed by atoms with Gasteiger partial charge >= 0.3 is 0 Å². The summed E-state index contributed by atoms with van der Waals surface area (Å²) in [6, 6.07) is 17.0. The van der Waals surface area contributed by atoms with Crippen molar-refractivity contribution in [1.82, 2.24) is 9.78 Å². The Bertz CT molecular complexity index is 791. The van der Waals surface area contributed by atoms with Gasteiger partial charge in [0.25, 0.3) is 0 Å². The lowest BCUT2D eigenvalue weighted by atomic mass is 10.0. The Hall–Kier alpha value is -2.61. The van der Waals surface area contributed by atoms with E-state index in [1.165, 1.54) is 16.7 Å². The number of hydrogen-bond acceptors (Lipinski definition) is 1. The molecule has 2 nitrogen and oxygen atoms in total. The van der Waals surface area contributed by atoms with Gasteiger partial charge in [0.05, 0.1) is 11.4 Å². The molecule has 0 amide bonds. The molecule has 0 radical (unpaired) electrons. The van der Waals surface area contributed by atoms with E-state index in [1.807, 2.05) is 17.7 Å². The molecule has 0 unspecified atom stereocenters. The Balaban J connectivity index is 2.09. The van der Waals surface area contributed by atoms with E-state index >= 15 is 0 Å². The quantitative estimate of drug-likeness (QED) is 0.648. The topological polar surface area (TPSA) is 17.8 Å². The fraction of sp³-hybridized carbons (Fsp3) is 0.150. The highest BCUT2D eigenvalue weighted by atomic mass is 15.3. The van der Waals surface area contributed by atoms with Gasteiger partial charge in [0, 0.05) is 11.8 Å². The van der Waals surface area contributed by atoms with E-state index in [0.29, 0.717) is 0 Å². The molecule has 0 atom stereocenters. The molecular weight excluding hydrogens is 268 g/mol. The van der Waals surface area contributed by atoms with Gasteiger partial charge < -0.3 is 0 Å². The average molecular weight is 288 g/mol. The number of rotatable bonds is 3. The molecule has 0 N–H and O–H groups in total. The summed E-state index contributed by atoms with van der Waals surface area (Å²) in [6.45, 7) is 6.21. The van der Waals surface area contributed by atoms with Crippen LogP contribution in [0.3, 0.4) is 0 Å². The predicted molar refractivity (Wildman–Crippen MR) is 93.2 cm³/mol. The monoisotopic (exact) mass is 288 g/mol. The molecule has 0 saturated heterocycles. The van der Waals surface area contributed by atoms with E-state index in [0.717, 1.165) is 16.9 Å². The summed E-state index contributed by atoms with van der Waals surface area (Å²) in [5, 5.41) is 4.73. The third-order valence-corrected chi connectivity index (χ3v) is 3.73. The van der Waals surface area contributed by atoms with Crippen LogP contribution in [0.4, 0.5) is 0 Å². The first-order chi connectivity index (χ1) is 10.7.